The summed E-state index contributed by atoms with van der Waals surface area (Å²) in [6.07, 6.45) is 4.72. The molecule has 1 aromatic carbocycles. The summed E-state index contributed by atoms with van der Waals surface area (Å²) in [6.45, 7) is 11.0. The molecule has 2 N–H and O–H groups in total. The summed E-state index contributed by atoms with van der Waals surface area (Å²) in [5, 5.41) is 0. The van der Waals surface area contributed by atoms with E-state index < -0.39 is 5.60 Å². The Morgan fingerprint density at radius 3 is 2.11 bits per heavy atom. The minimum atomic E-state index is -0.442. The molecular weight excluding hydrogens is 338 g/mol. The van der Waals surface area contributed by atoms with E-state index in [4.69, 9.17) is 10.5 Å². The van der Waals surface area contributed by atoms with Gasteiger partial charge < -0.3 is 15.4 Å². The summed E-state index contributed by atoms with van der Waals surface area (Å²) in [5.41, 5.74) is 8.27. The van der Waals surface area contributed by atoms with Crippen LogP contribution in [0.3, 0.4) is 0 Å². The van der Waals surface area contributed by atoms with Crippen LogP contribution in [0.15, 0.2) is 24.3 Å². The van der Waals surface area contributed by atoms with Crippen molar-refractivity contribution < 1.29 is 9.53 Å². The fourth-order valence-electron chi connectivity index (χ4n) is 4.49. The van der Waals surface area contributed by atoms with Gasteiger partial charge in [-0.2, -0.15) is 0 Å². The van der Waals surface area contributed by atoms with Crippen molar-refractivity contribution in [3.63, 3.8) is 0 Å². The number of nitrogens with zero attached hydrogens (tertiary/aromatic N) is 2. The first-order valence-electron chi connectivity index (χ1n) is 10.3. The van der Waals surface area contributed by atoms with Crippen LogP contribution in [0.1, 0.15) is 70.5 Å². The highest BCUT2D eigenvalue weighted by molar-refractivity contribution is 5.68. The van der Waals surface area contributed by atoms with Crippen LogP contribution < -0.4 is 5.73 Å². The van der Waals surface area contributed by atoms with Crippen molar-refractivity contribution in [2.75, 3.05) is 26.2 Å². The van der Waals surface area contributed by atoms with Crippen molar-refractivity contribution in [3.05, 3.63) is 35.4 Å². The molecule has 0 radical (unpaired) electrons. The number of amides is 1. The van der Waals surface area contributed by atoms with Gasteiger partial charge >= 0.3 is 6.09 Å². The number of nitrogens with two attached hydrogens (primary N) is 1. The molecule has 150 valence electrons. The largest absolute Gasteiger partial charge is 0.444 e. The Kier molecular flexibility index (Phi) is 5.82. The third-order valence-electron chi connectivity index (χ3n) is 5.94. The lowest BCUT2D eigenvalue weighted by Crippen LogP contribution is -2.56. The predicted molar refractivity (Wildman–Crippen MR) is 109 cm³/mol. The molecule has 2 fully saturated rings. The Morgan fingerprint density at radius 1 is 1.07 bits per heavy atom. The highest BCUT2D eigenvalue weighted by Gasteiger charge is 2.42. The normalized spacial score (nSPS) is 21.9. The van der Waals surface area contributed by atoms with Gasteiger partial charge in [0.15, 0.2) is 0 Å². The van der Waals surface area contributed by atoms with Crippen LogP contribution in [0, 0.1) is 0 Å². The lowest BCUT2D eigenvalue weighted by molar-refractivity contribution is -0.00409. The Bertz CT molecular complexity index is 635. The highest BCUT2D eigenvalue weighted by Crippen LogP contribution is 2.44. The van der Waals surface area contributed by atoms with Crippen molar-refractivity contribution in [1.82, 2.24) is 9.80 Å². The van der Waals surface area contributed by atoms with Gasteiger partial charge in [0.1, 0.15) is 5.60 Å². The number of rotatable bonds is 3. The first kappa shape index (κ1) is 20.2. The van der Waals surface area contributed by atoms with E-state index in [1.807, 2.05) is 32.6 Å². The average molecular weight is 374 g/mol. The van der Waals surface area contributed by atoms with Crippen molar-refractivity contribution in [3.8, 4) is 0 Å². The van der Waals surface area contributed by atoms with Gasteiger partial charge in [-0.15, -0.1) is 0 Å². The van der Waals surface area contributed by atoms with E-state index in [1.54, 1.807) is 0 Å². The van der Waals surface area contributed by atoms with E-state index >= 15 is 0 Å². The second-order valence-electron chi connectivity index (χ2n) is 9.10. The van der Waals surface area contributed by atoms with Gasteiger partial charge in [-0.1, -0.05) is 37.1 Å². The maximum absolute atomic E-state index is 12.4. The van der Waals surface area contributed by atoms with Crippen molar-refractivity contribution in [2.24, 2.45) is 5.73 Å². The van der Waals surface area contributed by atoms with Gasteiger partial charge in [0.25, 0.3) is 0 Å². The molecular formula is C22H35N3O2. The second-order valence-corrected chi connectivity index (χ2v) is 9.10. The number of hydrogen-bond acceptors (Lipinski definition) is 4. The van der Waals surface area contributed by atoms with E-state index in [0.29, 0.717) is 0 Å². The monoisotopic (exact) mass is 373 g/mol. The van der Waals surface area contributed by atoms with Crippen LogP contribution in [0.25, 0.3) is 0 Å². The quantitative estimate of drug-likeness (QED) is 0.869. The number of ether oxygens (including phenoxy) is 1. The smallest absolute Gasteiger partial charge is 0.410 e. The van der Waals surface area contributed by atoms with Crippen LogP contribution in [0.2, 0.25) is 0 Å². The van der Waals surface area contributed by atoms with Gasteiger partial charge in [0.05, 0.1) is 0 Å². The molecule has 3 rings (SSSR count). The Labute approximate surface area is 163 Å². The topological polar surface area (TPSA) is 58.8 Å². The van der Waals surface area contributed by atoms with Crippen molar-refractivity contribution >= 4 is 6.09 Å². The zero-order valence-electron chi connectivity index (χ0n) is 17.3. The number of piperazine rings is 1. The van der Waals surface area contributed by atoms with Crippen LogP contribution in [0.4, 0.5) is 4.79 Å². The number of carbonyl (C=O) groups is 1. The summed E-state index contributed by atoms with van der Waals surface area (Å²) < 4.78 is 5.54. The Morgan fingerprint density at radius 2 is 1.63 bits per heavy atom. The molecule has 1 aromatic rings. The minimum absolute atomic E-state index is 0.0657. The van der Waals surface area contributed by atoms with Gasteiger partial charge in [-0.25, -0.2) is 4.79 Å². The summed E-state index contributed by atoms with van der Waals surface area (Å²) in [7, 11) is 0. The first-order chi connectivity index (χ1) is 12.7. The van der Waals surface area contributed by atoms with Crippen LogP contribution in [0.5, 0.6) is 0 Å². The molecule has 1 atom stereocenters. The van der Waals surface area contributed by atoms with E-state index in [1.165, 1.54) is 36.8 Å². The fraction of sp³-hybridized carbons (Fsp3) is 0.682. The van der Waals surface area contributed by atoms with Crippen LogP contribution in [-0.4, -0.2) is 47.7 Å². The van der Waals surface area contributed by atoms with Crippen molar-refractivity contribution in [2.45, 2.75) is 70.6 Å². The molecule has 0 spiro atoms. The molecule has 0 aromatic heterocycles. The maximum Gasteiger partial charge on any atom is 0.410 e. The zero-order chi connectivity index (χ0) is 19.7. The lowest BCUT2D eigenvalue weighted by atomic mass is 9.85. The SMILES string of the molecule is C[C@H](N)c1ccc(C2(N3CCN(C(=O)OC(C)(C)C)CC3)CCCC2)cc1. The molecule has 5 heteroatoms. The summed E-state index contributed by atoms with van der Waals surface area (Å²) in [6, 6.07) is 8.96. The maximum atomic E-state index is 12.4. The lowest BCUT2D eigenvalue weighted by Gasteiger charge is -2.46. The fourth-order valence-corrected chi connectivity index (χ4v) is 4.49. The first-order valence-corrected chi connectivity index (χ1v) is 10.3. The molecule has 1 aliphatic heterocycles. The predicted octanol–water partition coefficient (Wildman–Crippen LogP) is 4.03. The van der Waals surface area contributed by atoms with Gasteiger partial charge in [0, 0.05) is 37.8 Å². The average Bonchev–Trinajstić information content (AvgIpc) is 3.11. The van der Waals surface area contributed by atoms with E-state index in [2.05, 4.69) is 29.2 Å². The molecule has 5 nitrogen and oxygen atoms in total. The van der Waals surface area contributed by atoms with E-state index in [0.717, 1.165) is 26.2 Å². The summed E-state index contributed by atoms with van der Waals surface area (Å²) in [4.78, 5) is 16.8. The summed E-state index contributed by atoms with van der Waals surface area (Å²) in [5.74, 6) is 0. The third kappa shape index (κ3) is 4.46. The van der Waals surface area contributed by atoms with Crippen LogP contribution in [-0.2, 0) is 10.3 Å². The minimum Gasteiger partial charge on any atom is -0.444 e. The standard InChI is InChI=1S/C22H35N3O2/c1-17(23)18-7-9-19(10-8-18)22(11-5-6-12-22)25-15-13-24(14-16-25)20(26)27-21(2,3)4/h7-10,17H,5-6,11-16,23H2,1-4H3/t17-/m0/s1. The molecule has 1 saturated carbocycles. The van der Waals surface area contributed by atoms with Crippen LogP contribution >= 0.6 is 0 Å². The Balaban J connectivity index is 1.71. The molecule has 2 aliphatic rings. The van der Waals surface area contributed by atoms with Crippen molar-refractivity contribution in [1.29, 1.82) is 0 Å². The Hall–Kier alpha value is -1.59. The molecule has 1 aliphatic carbocycles. The highest BCUT2D eigenvalue weighted by atomic mass is 16.6. The number of hydrogen-bond donors (Lipinski definition) is 1. The molecule has 1 amide bonds. The summed E-state index contributed by atoms with van der Waals surface area (Å²) >= 11 is 0. The number of benzene rings is 1. The molecule has 0 unspecified atom stereocenters. The molecule has 0 bridgehead atoms. The van der Waals surface area contributed by atoms with E-state index in [9.17, 15) is 4.79 Å². The van der Waals surface area contributed by atoms with Gasteiger partial charge in [-0.05, 0) is 51.7 Å². The number of carbonyl (C=O) groups excluding carboxylic acids is 1. The molecule has 27 heavy (non-hydrogen) atoms. The van der Waals surface area contributed by atoms with Gasteiger partial charge in [-0.3, -0.25) is 4.90 Å². The molecule has 1 saturated heterocycles. The van der Waals surface area contributed by atoms with Gasteiger partial charge in [0.2, 0.25) is 0 Å². The zero-order valence-corrected chi connectivity index (χ0v) is 17.3. The molecule has 1 heterocycles. The third-order valence-corrected chi connectivity index (χ3v) is 5.94. The van der Waals surface area contributed by atoms with E-state index in [-0.39, 0.29) is 17.7 Å². The second kappa shape index (κ2) is 7.80.